The number of benzene rings is 2. The number of aryl methyl sites for hydroxylation is 1. The third-order valence-electron chi connectivity index (χ3n) is 5.59. The zero-order valence-electron chi connectivity index (χ0n) is 16.6. The monoisotopic (exact) mass is 414 g/mol. The second kappa shape index (κ2) is 8.16. The lowest BCUT2D eigenvalue weighted by Crippen LogP contribution is -2.37. The molecule has 0 radical (unpaired) electrons. The van der Waals surface area contributed by atoms with Crippen molar-refractivity contribution in [3.63, 3.8) is 0 Å². The molecule has 1 amide bonds. The molecule has 0 spiro atoms. The molecular weight excluding hydrogens is 388 g/mol. The molecule has 1 N–H and O–H groups in total. The molecule has 29 heavy (non-hydrogen) atoms. The molecular formula is C22H26N2O4S. The zero-order chi connectivity index (χ0) is 20.4. The number of ether oxygens (including phenoxy) is 1. The molecule has 154 valence electrons. The maximum Gasteiger partial charge on any atom is 0.261 e. The van der Waals surface area contributed by atoms with Gasteiger partial charge in [0.2, 0.25) is 10.0 Å². The predicted octanol–water partition coefficient (Wildman–Crippen LogP) is 2.79. The van der Waals surface area contributed by atoms with Crippen molar-refractivity contribution in [3.8, 4) is 5.75 Å². The van der Waals surface area contributed by atoms with Crippen LogP contribution in [0.15, 0.2) is 47.4 Å². The van der Waals surface area contributed by atoms with Gasteiger partial charge in [-0.3, -0.25) is 4.79 Å². The normalized spacial score (nSPS) is 19.4. The molecule has 0 aliphatic carbocycles. The minimum atomic E-state index is -3.43. The number of carbonyl (C=O) groups excluding carboxylic acids is 1. The van der Waals surface area contributed by atoms with Crippen LogP contribution in [0.4, 0.5) is 0 Å². The van der Waals surface area contributed by atoms with Crippen LogP contribution >= 0.6 is 0 Å². The Bertz CT molecular complexity index is 996. The number of carbonyl (C=O) groups is 1. The van der Waals surface area contributed by atoms with E-state index in [1.54, 1.807) is 28.6 Å². The lowest BCUT2D eigenvalue weighted by molar-refractivity contribution is -0.127. The highest BCUT2D eigenvalue weighted by Gasteiger charge is 2.30. The van der Waals surface area contributed by atoms with Crippen LogP contribution in [0.1, 0.15) is 36.0 Å². The van der Waals surface area contributed by atoms with Crippen LogP contribution in [0.5, 0.6) is 5.75 Å². The molecule has 0 bridgehead atoms. The van der Waals surface area contributed by atoms with E-state index < -0.39 is 16.1 Å². The molecule has 2 aliphatic rings. The van der Waals surface area contributed by atoms with Gasteiger partial charge in [-0.25, -0.2) is 8.42 Å². The minimum absolute atomic E-state index is 0.161. The number of rotatable bonds is 5. The third kappa shape index (κ3) is 4.16. The second-order valence-corrected chi connectivity index (χ2v) is 9.64. The van der Waals surface area contributed by atoms with E-state index in [-0.39, 0.29) is 5.91 Å². The van der Waals surface area contributed by atoms with Crippen molar-refractivity contribution in [2.75, 3.05) is 13.1 Å². The predicted molar refractivity (Wildman–Crippen MR) is 110 cm³/mol. The largest absolute Gasteiger partial charge is 0.480 e. The molecule has 1 unspecified atom stereocenters. The maximum atomic E-state index is 12.7. The number of hydrogen-bond acceptors (Lipinski definition) is 4. The van der Waals surface area contributed by atoms with Crippen LogP contribution in [0.2, 0.25) is 0 Å². The number of piperidine rings is 1. The fourth-order valence-corrected chi connectivity index (χ4v) is 5.43. The first-order valence-electron chi connectivity index (χ1n) is 10.1. The van der Waals surface area contributed by atoms with Crippen molar-refractivity contribution in [3.05, 3.63) is 59.2 Å². The summed E-state index contributed by atoms with van der Waals surface area (Å²) in [5, 5.41) is 2.89. The van der Waals surface area contributed by atoms with E-state index >= 15 is 0 Å². The fraction of sp³-hybridized carbons (Fsp3) is 0.409. The van der Waals surface area contributed by atoms with Gasteiger partial charge in [-0.1, -0.05) is 36.8 Å². The number of amides is 1. The molecule has 1 saturated heterocycles. The molecule has 0 aromatic heterocycles. The fourth-order valence-electron chi connectivity index (χ4n) is 3.91. The molecule has 1 atom stereocenters. The van der Waals surface area contributed by atoms with E-state index in [0.29, 0.717) is 31.0 Å². The van der Waals surface area contributed by atoms with Crippen LogP contribution in [0.25, 0.3) is 0 Å². The first kappa shape index (κ1) is 19.9. The summed E-state index contributed by atoms with van der Waals surface area (Å²) in [6.07, 6.45) is 2.95. The highest BCUT2D eigenvalue weighted by atomic mass is 32.2. The molecule has 7 heteroatoms. The first-order chi connectivity index (χ1) is 13.9. The van der Waals surface area contributed by atoms with Gasteiger partial charge in [-0.15, -0.1) is 0 Å². The van der Waals surface area contributed by atoms with Crippen LogP contribution in [0.3, 0.4) is 0 Å². The van der Waals surface area contributed by atoms with Crippen LogP contribution in [0, 0.1) is 6.92 Å². The topological polar surface area (TPSA) is 75.7 Å². The Hall–Kier alpha value is -2.38. The SMILES string of the molecule is Cc1cccc2c1OC(C(=O)NCc1ccc(S(=O)(=O)N3CCCCC3)cc1)C2. The van der Waals surface area contributed by atoms with Gasteiger partial charge < -0.3 is 10.1 Å². The van der Waals surface area contributed by atoms with Crippen molar-refractivity contribution >= 4 is 15.9 Å². The summed E-state index contributed by atoms with van der Waals surface area (Å²) in [6.45, 7) is 3.48. The molecule has 0 saturated carbocycles. The van der Waals surface area contributed by atoms with Crippen molar-refractivity contribution in [1.29, 1.82) is 0 Å². The maximum absolute atomic E-state index is 12.7. The van der Waals surface area contributed by atoms with Crippen molar-refractivity contribution in [2.45, 2.75) is 50.2 Å². The van der Waals surface area contributed by atoms with Gasteiger partial charge in [0, 0.05) is 26.1 Å². The summed E-state index contributed by atoms with van der Waals surface area (Å²) in [5.74, 6) is 0.644. The number of nitrogens with zero attached hydrogens (tertiary/aromatic N) is 1. The third-order valence-corrected chi connectivity index (χ3v) is 7.51. The standard InChI is InChI=1S/C22H26N2O4S/c1-16-6-5-7-18-14-20(28-21(16)18)22(25)23-15-17-8-10-19(11-9-17)29(26,27)24-12-3-2-4-13-24/h5-11,20H,2-4,12-15H2,1H3,(H,23,25). The van der Waals surface area contributed by atoms with Gasteiger partial charge in [-0.05, 0) is 48.6 Å². The van der Waals surface area contributed by atoms with Gasteiger partial charge in [0.15, 0.2) is 6.10 Å². The zero-order valence-corrected chi connectivity index (χ0v) is 17.4. The van der Waals surface area contributed by atoms with E-state index in [4.69, 9.17) is 4.74 Å². The Kier molecular flexibility index (Phi) is 5.61. The summed E-state index contributed by atoms with van der Waals surface area (Å²) in [5.41, 5.74) is 2.93. The van der Waals surface area contributed by atoms with Gasteiger partial charge in [0.25, 0.3) is 5.91 Å². The molecule has 1 fully saturated rings. The molecule has 6 nitrogen and oxygen atoms in total. The number of para-hydroxylation sites is 1. The highest BCUT2D eigenvalue weighted by molar-refractivity contribution is 7.89. The first-order valence-corrected chi connectivity index (χ1v) is 11.5. The quantitative estimate of drug-likeness (QED) is 0.816. The average Bonchev–Trinajstić information content (AvgIpc) is 3.19. The molecule has 2 aromatic carbocycles. The summed E-state index contributed by atoms with van der Waals surface area (Å²) < 4.78 is 32.8. The van der Waals surface area contributed by atoms with Crippen molar-refractivity contribution < 1.29 is 17.9 Å². The lowest BCUT2D eigenvalue weighted by atomic mass is 10.1. The van der Waals surface area contributed by atoms with E-state index in [1.807, 2.05) is 25.1 Å². The van der Waals surface area contributed by atoms with Crippen LogP contribution in [-0.4, -0.2) is 37.8 Å². The second-order valence-electron chi connectivity index (χ2n) is 7.70. The van der Waals surface area contributed by atoms with Crippen molar-refractivity contribution in [1.82, 2.24) is 9.62 Å². The number of fused-ring (bicyclic) bond motifs is 1. The summed E-state index contributed by atoms with van der Waals surface area (Å²) in [7, 11) is -3.43. The molecule has 2 aromatic rings. The van der Waals surface area contributed by atoms with Crippen LogP contribution < -0.4 is 10.1 Å². The Labute approximate surface area is 171 Å². The smallest absolute Gasteiger partial charge is 0.261 e. The van der Waals surface area contributed by atoms with Crippen molar-refractivity contribution in [2.24, 2.45) is 0 Å². The van der Waals surface area contributed by atoms with Gasteiger partial charge in [-0.2, -0.15) is 4.31 Å². The van der Waals surface area contributed by atoms with E-state index in [0.717, 1.165) is 41.7 Å². The number of nitrogens with one attached hydrogen (secondary N) is 1. The number of hydrogen-bond donors (Lipinski definition) is 1. The Morgan fingerprint density at radius 2 is 1.83 bits per heavy atom. The van der Waals surface area contributed by atoms with Gasteiger partial charge >= 0.3 is 0 Å². The molecule has 4 rings (SSSR count). The van der Waals surface area contributed by atoms with E-state index in [1.165, 1.54) is 0 Å². The average molecular weight is 415 g/mol. The molecule has 2 aliphatic heterocycles. The Balaban J connectivity index is 1.35. The number of sulfonamides is 1. The summed E-state index contributed by atoms with van der Waals surface area (Å²) in [6, 6.07) is 12.7. The minimum Gasteiger partial charge on any atom is -0.480 e. The van der Waals surface area contributed by atoms with Gasteiger partial charge in [0.05, 0.1) is 4.90 Å². The Morgan fingerprint density at radius 3 is 2.52 bits per heavy atom. The van der Waals surface area contributed by atoms with Crippen LogP contribution in [-0.2, 0) is 27.8 Å². The lowest BCUT2D eigenvalue weighted by Gasteiger charge is -2.25. The summed E-state index contributed by atoms with van der Waals surface area (Å²) >= 11 is 0. The van der Waals surface area contributed by atoms with E-state index in [9.17, 15) is 13.2 Å². The molecule has 2 heterocycles. The Morgan fingerprint density at radius 1 is 1.10 bits per heavy atom. The summed E-state index contributed by atoms with van der Waals surface area (Å²) in [4.78, 5) is 12.8. The van der Waals surface area contributed by atoms with E-state index in [2.05, 4.69) is 5.32 Å². The highest BCUT2D eigenvalue weighted by Crippen LogP contribution is 2.32. The van der Waals surface area contributed by atoms with Gasteiger partial charge in [0.1, 0.15) is 5.75 Å².